The quantitative estimate of drug-likeness (QED) is 0.912. The molecule has 2 heterocycles. The lowest BCUT2D eigenvalue weighted by Crippen LogP contribution is -2.28. The van der Waals surface area contributed by atoms with E-state index in [-0.39, 0.29) is 11.5 Å². The van der Waals surface area contributed by atoms with Crippen molar-refractivity contribution in [2.75, 3.05) is 29.5 Å². The van der Waals surface area contributed by atoms with Crippen LogP contribution in [-0.2, 0) is 16.4 Å². The first-order valence-corrected chi connectivity index (χ1v) is 9.41. The fourth-order valence-electron chi connectivity index (χ4n) is 2.24. The lowest BCUT2D eigenvalue weighted by Gasteiger charge is -2.22. The van der Waals surface area contributed by atoms with Gasteiger partial charge in [-0.3, -0.25) is 0 Å². The van der Waals surface area contributed by atoms with Gasteiger partial charge in [0.25, 0.3) is 0 Å². The zero-order valence-electron chi connectivity index (χ0n) is 12.5. The van der Waals surface area contributed by atoms with E-state index in [0.717, 1.165) is 11.5 Å². The first kappa shape index (κ1) is 16.5. The summed E-state index contributed by atoms with van der Waals surface area (Å²) >= 11 is 6.18. The molecule has 1 aliphatic rings. The normalized spacial score (nSPS) is 18.8. The number of sulfone groups is 1. The van der Waals surface area contributed by atoms with E-state index in [2.05, 4.69) is 24.1 Å². The molecule has 0 amide bonds. The maximum atomic E-state index is 11.7. The number of hydrogen-bond donors (Lipinski definition) is 1. The van der Waals surface area contributed by atoms with Gasteiger partial charge in [0.2, 0.25) is 0 Å². The maximum absolute atomic E-state index is 11.7. The van der Waals surface area contributed by atoms with E-state index in [4.69, 9.17) is 11.6 Å². The third-order valence-corrected chi connectivity index (χ3v) is 5.52. The molecule has 21 heavy (non-hydrogen) atoms. The summed E-state index contributed by atoms with van der Waals surface area (Å²) in [7, 11) is -2.91. The van der Waals surface area contributed by atoms with E-state index in [9.17, 15) is 8.42 Å². The van der Waals surface area contributed by atoms with Crippen LogP contribution in [0.4, 0.5) is 5.82 Å². The van der Waals surface area contributed by atoms with Crippen molar-refractivity contribution in [3.63, 3.8) is 0 Å². The Morgan fingerprint density at radius 3 is 2.81 bits per heavy atom. The van der Waals surface area contributed by atoms with E-state index in [1.54, 1.807) is 0 Å². The van der Waals surface area contributed by atoms with Gasteiger partial charge in [-0.25, -0.2) is 13.4 Å². The third kappa shape index (κ3) is 4.83. The van der Waals surface area contributed by atoms with Crippen molar-refractivity contribution in [2.24, 2.45) is 0 Å². The molecule has 0 spiro atoms. The second kappa shape index (κ2) is 6.94. The van der Waals surface area contributed by atoms with Crippen molar-refractivity contribution in [3.05, 3.63) is 22.8 Å². The third-order valence-electron chi connectivity index (χ3n) is 3.46. The van der Waals surface area contributed by atoms with Gasteiger partial charge in [0.1, 0.15) is 5.82 Å². The molecule has 0 atom stereocenters. The van der Waals surface area contributed by atoms with Crippen LogP contribution in [0.1, 0.15) is 26.0 Å². The number of nitrogens with zero attached hydrogens (tertiary/aromatic N) is 2. The lowest BCUT2D eigenvalue weighted by atomic mass is 10.3. The summed E-state index contributed by atoms with van der Waals surface area (Å²) in [5.41, 5.74) is 0.801. The molecule has 1 saturated heterocycles. The minimum absolute atomic E-state index is 0.191. The molecule has 0 aromatic carbocycles. The molecular formula is C14H22ClN3O2S. The van der Waals surface area contributed by atoms with Crippen molar-refractivity contribution in [1.82, 2.24) is 10.3 Å². The highest BCUT2D eigenvalue weighted by Gasteiger charge is 2.20. The van der Waals surface area contributed by atoms with E-state index in [0.29, 0.717) is 37.1 Å². The zero-order valence-corrected chi connectivity index (χ0v) is 14.0. The van der Waals surface area contributed by atoms with Crippen molar-refractivity contribution < 1.29 is 8.42 Å². The van der Waals surface area contributed by atoms with Gasteiger partial charge < -0.3 is 10.2 Å². The van der Waals surface area contributed by atoms with Gasteiger partial charge in [0.15, 0.2) is 9.84 Å². The first-order chi connectivity index (χ1) is 9.87. The van der Waals surface area contributed by atoms with Crippen LogP contribution in [0.5, 0.6) is 0 Å². The number of nitrogens with one attached hydrogen (secondary N) is 1. The summed E-state index contributed by atoms with van der Waals surface area (Å²) in [6.07, 6.45) is 0.645. The fourth-order valence-corrected chi connectivity index (χ4v) is 3.68. The van der Waals surface area contributed by atoms with Crippen LogP contribution >= 0.6 is 11.6 Å². The predicted molar refractivity (Wildman–Crippen MR) is 86.7 cm³/mol. The Hall–Kier alpha value is -0.850. The molecule has 0 aliphatic carbocycles. The molecule has 7 heteroatoms. The van der Waals surface area contributed by atoms with Crippen LogP contribution in [0.2, 0.25) is 5.02 Å². The lowest BCUT2D eigenvalue weighted by molar-refractivity contribution is 0.581. The zero-order chi connectivity index (χ0) is 15.5. The number of halogens is 1. The van der Waals surface area contributed by atoms with Gasteiger partial charge in [0, 0.05) is 25.7 Å². The van der Waals surface area contributed by atoms with Crippen LogP contribution < -0.4 is 10.2 Å². The van der Waals surface area contributed by atoms with Gasteiger partial charge in [0.05, 0.1) is 22.2 Å². The molecule has 1 N–H and O–H groups in total. The second-order valence-electron chi connectivity index (χ2n) is 5.63. The van der Waals surface area contributed by atoms with Crippen molar-refractivity contribution >= 4 is 27.3 Å². The molecular weight excluding hydrogens is 310 g/mol. The Morgan fingerprint density at radius 2 is 2.10 bits per heavy atom. The number of anilines is 1. The minimum atomic E-state index is -2.91. The van der Waals surface area contributed by atoms with Crippen LogP contribution in [-0.4, -0.2) is 44.0 Å². The molecule has 0 bridgehead atoms. The predicted octanol–water partition coefficient (Wildman–Crippen LogP) is 1.86. The molecule has 0 unspecified atom stereocenters. The molecule has 1 aromatic rings. The van der Waals surface area contributed by atoms with E-state index >= 15 is 0 Å². The highest BCUT2D eigenvalue weighted by Crippen LogP contribution is 2.21. The monoisotopic (exact) mass is 331 g/mol. The molecule has 5 nitrogen and oxygen atoms in total. The summed E-state index contributed by atoms with van der Waals surface area (Å²) in [5.74, 6) is 1.26. The Bertz CT molecular complexity index is 590. The smallest absolute Gasteiger partial charge is 0.152 e. The molecule has 1 aliphatic heterocycles. The Balaban J connectivity index is 2.14. The highest BCUT2D eigenvalue weighted by molar-refractivity contribution is 7.91. The van der Waals surface area contributed by atoms with Gasteiger partial charge in [-0.15, -0.1) is 0 Å². The standard InChI is InChI=1S/C14H22ClN3O2S/c1-11(2)16-10-13-12(15)4-5-14(17-13)18-6-3-8-21(19,20)9-7-18/h4-5,11,16H,3,6-10H2,1-2H3. The van der Waals surface area contributed by atoms with Crippen molar-refractivity contribution in [2.45, 2.75) is 32.9 Å². The topological polar surface area (TPSA) is 62.3 Å². The largest absolute Gasteiger partial charge is 0.356 e. The summed E-state index contributed by atoms with van der Waals surface area (Å²) < 4.78 is 23.3. The van der Waals surface area contributed by atoms with Crippen LogP contribution in [0.25, 0.3) is 0 Å². The minimum Gasteiger partial charge on any atom is -0.356 e. The molecule has 0 radical (unpaired) electrons. The van der Waals surface area contributed by atoms with Crippen molar-refractivity contribution in [3.8, 4) is 0 Å². The molecule has 1 aromatic heterocycles. The average molecular weight is 332 g/mol. The Labute approximate surface area is 131 Å². The Kier molecular flexibility index (Phi) is 5.46. The summed E-state index contributed by atoms with van der Waals surface area (Å²) in [4.78, 5) is 6.62. The van der Waals surface area contributed by atoms with Gasteiger partial charge in [-0.2, -0.15) is 0 Å². The summed E-state index contributed by atoms with van der Waals surface area (Å²) in [5, 5.41) is 3.93. The van der Waals surface area contributed by atoms with Crippen LogP contribution in [0, 0.1) is 0 Å². The molecule has 118 valence electrons. The average Bonchev–Trinajstić information content (AvgIpc) is 2.59. The number of pyridine rings is 1. The molecule has 2 rings (SSSR count). The second-order valence-corrected chi connectivity index (χ2v) is 8.34. The number of aromatic nitrogens is 1. The number of rotatable bonds is 4. The SMILES string of the molecule is CC(C)NCc1nc(N2CCCS(=O)(=O)CC2)ccc1Cl. The van der Waals surface area contributed by atoms with Gasteiger partial charge in [-0.05, 0) is 18.6 Å². The Morgan fingerprint density at radius 1 is 1.33 bits per heavy atom. The highest BCUT2D eigenvalue weighted by atomic mass is 35.5. The summed E-state index contributed by atoms with van der Waals surface area (Å²) in [6.45, 7) is 5.95. The van der Waals surface area contributed by atoms with Crippen LogP contribution in [0.3, 0.4) is 0 Å². The van der Waals surface area contributed by atoms with Crippen LogP contribution in [0.15, 0.2) is 12.1 Å². The van der Waals surface area contributed by atoms with E-state index < -0.39 is 9.84 Å². The van der Waals surface area contributed by atoms with Gasteiger partial charge in [-0.1, -0.05) is 25.4 Å². The maximum Gasteiger partial charge on any atom is 0.152 e. The number of hydrogen-bond acceptors (Lipinski definition) is 5. The fraction of sp³-hybridized carbons (Fsp3) is 0.643. The first-order valence-electron chi connectivity index (χ1n) is 7.21. The molecule has 1 fully saturated rings. The summed E-state index contributed by atoms with van der Waals surface area (Å²) in [6, 6.07) is 4.05. The van der Waals surface area contributed by atoms with E-state index in [1.807, 2.05) is 17.0 Å². The van der Waals surface area contributed by atoms with Crippen molar-refractivity contribution in [1.29, 1.82) is 0 Å². The van der Waals surface area contributed by atoms with E-state index in [1.165, 1.54) is 0 Å². The van der Waals surface area contributed by atoms with Gasteiger partial charge >= 0.3 is 0 Å². The molecule has 0 saturated carbocycles.